The fourth-order valence-corrected chi connectivity index (χ4v) is 9.22. The Morgan fingerprint density at radius 2 is 0.978 bits per heavy atom. The van der Waals surface area contributed by atoms with Gasteiger partial charge in [-0.1, -0.05) is 113 Å². The molecule has 0 aliphatic rings. The first-order chi connectivity index (χ1) is 22.7. The van der Waals surface area contributed by atoms with Crippen molar-refractivity contribution in [3.63, 3.8) is 0 Å². The lowest BCUT2D eigenvalue weighted by molar-refractivity contribution is 0.667. The molecule has 0 atom stereocenters. The summed E-state index contributed by atoms with van der Waals surface area (Å²) in [6.07, 6.45) is 12.6. The summed E-state index contributed by atoms with van der Waals surface area (Å²) in [6, 6.07) is 27.2. The summed E-state index contributed by atoms with van der Waals surface area (Å²) < 4.78 is 0. The lowest BCUT2D eigenvalue weighted by atomic mass is 9.92. The molecule has 46 heavy (non-hydrogen) atoms. The molecular formula is C42H40N2S2. The minimum atomic E-state index is 1.00. The highest BCUT2D eigenvalue weighted by Crippen LogP contribution is 2.43. The number of thiophene rings is 2. The summed E-state index contributed by atoms with van der Waals surface area (Å²) in [5.74, 6) is 0. The van der Waals surface area contributed by atoms with Crippen molar-refractivity contribution >= 4 is 77.1 Å². The molecule has 0 bridgehead atoms. The molecule has 3 aromatic heterocycles. The second kappa shape index (κ2) is 12.7. The number of hydrogen-bond acceptors (Lipinski definition) is 4. The van der Waals surface area contributed by atoms with Crippen LogP contribution in [0.4, 0.5) is 0 Å². The second-order valence-electron chi connectivity index (χ2n) is 12.9. The van der Waals surface area contributed by atoms with Crippen LogP contribution in [0.25, 0.3) is 75.3 Å². The molecule has 0 saturated heterocycles. The fourth-order valence-electron chi connectivity index (χ4n) is 7.27. The molecule has 4 heteroatoms. The topological polar surface area (TPSA) is 25.8 Å². The van der Waals surface area contributed by atoms with Crippen molar-refractivity contribution in [3.05, 3.63) is 94.7 Å². The van der Waals surface area contributed by atoms with Crippen LogP contribution in [0.15, 0.2) is 83.6 Å². The molecule has 5 aromatic carbocycles. The Labute approximate surface area is 279 Å². The van der Waals surface area contributed by atoms with Crippen LogP contribution in [-0.2, 0) is 12.8 Å². The van der Waals surface area contributed by atoms with E-state index in [9.17, 15) is 0 Å². The third kappa shape index (κ3) is 5.26. The van der Waals surface area contributed by atoms with Gasteiger partial charge in [0.25, 0.3) is 0 Å². The van der Waals surface area contributed by atoms with E-state index >= 15 is 0 Å². The molecule has 230 valence electrons. The van der Waals surface area contributed by atoms with Gasteiger partial charge in [-0.2, -0.15) is 0 Å². The normalized spacial score (nSPS) is 12.1. The Balaban J connectivity index is 1.34. The van der Waals surface area contributed by atoms with Crippen LogP contribution < -0.4 is 0 Å². The van der Waals surface area contributed by atoms with E-state index in [0.717, 1.165) is 34.9 Å². The van der Waals surface area contributed by atoms with E-state index in [0.29, 0.717) is 0 Å². The molecule has 0 fully saturated rings. The minimum absolute atomic E-state index is 1.00. The van der Waals surface area contributed by atoms with Gasteiger partial charge in [-0.05, 0) is 81.2 Å². The van der Waals surface area contributed by atoms with Crippen molar-refractivity contribution in [2.45, 2.75) is 78.1 Å². The first kappa shape index (κ1) is 29.5. The molecule has 0 N–H and O–H groups in total. The second-order valence-corrected chi connectivity index (χ2v) is 14.7. The monoisotopic (exact) mass is 636 g/mol. The fraction of sp³-hybridized carbons (Fsp3) is 0.286. The van der Waals surface area contributed by atoms with E-state index in [4.69, 9.17) is 9.97 Å². The summed E-state index contributed by atoms with van der Waals surface area (Å²) >= 11 is 3.70. The van der Waals surface area contributed by atoms with Crippen molar-refractivity contribution in [1.82, 2.24) is 9.97 Å². The van der Waals surface area contributed by atoms with Gasteiger partial charge in [0.05, 0.1) is 22.1 Å². The quantitative estimate of drug-likeness (QED) is 0.0757. The molecule has 8 aromatic rings. The van der Waals surface area contributed by atoms with E-state index < -0.39 is 0 Å². The Morgan fingerprint density at radius 1 is 0.500 bits per heavy atom. The van der Waals surface area contributed by atoms with Gasteiger partial charge in [-0.3, -0.25) is 0 Å². The van der Waals surface area contributed by atoms with Gasteiger partial charge in [-0.25, -0.2) is 9.97 Å². The number of aryl methyl sites for hydroxylation is 2. The highest BCUT2D eigenvalue weighted by molar-refractivity contribution is 7.14. The van der Waals surface area contributed by atoms with Crippen molar-refractivity contribution in [3.8, 4) is 20.9 Å². The third-order valence-corrected chi connectivity index (χ3v) is 11.7. The molecule has 0 spiro atoms. The summed E-state index contributed by atoms with van der Waals surface area (Å²) in [6.45, 7) is 4.56. The lowest BCUT2D eigenvalue weighted by Crippen LogP contribution is -1.95. The Hall–Kier alpha value is -3.86. The SMILES string of the molecule is CCCCCCc1csc(-c2ccc(-c3cc(CCCCCC)cs3)c3nc4c5cccc6ccc7cccc(c4nc23)c7c65)c1. The number of rotatable bonds is 12. The van der Waals surface area contributed by atoms with Crippen LogP contribution >= 0.6 is 22.7 Å². The van der Waals surface area contributed by atoms with E-state index in [1.54, 1.807) is 0 Å². The van der Waals surface area contributed by atoms with Crippen molar-refractivity contribution < 1.29 is 0 Å². The number of benzene rings is 5. The molecule has 0 saturated carbocycles. The first-order valence-electron chi connectivity index (χ1n) is 17.2. The highest BCUT2D eigenvalue weighted by atomic mass is 32.1. The first-order valence-corrected chi connectivity index (χ1v) is 18.9. The Kier molecular flexibility index (Phi) is 8.18. The molecule has 2 nitrogen and oxygen atoms in total. The van der Waals surface area contributed by atoms with Gasteiger partial charge < -0.3 is 0 Å². The van der Waals surface area contributed by atoms with E-state index in [1.807, 2.05) is 22.7 Å². The van der Waals surface area contributed by atoms with Crippen LogP contribution in [0.2, 0.25) is 0 Å². The van der Waals surface area contributed by atoms with Crippen molar-refractivity contribution in [2.75, 3.05) is 0 Å². The lowest BCUT2D eigenvalue weighted by Gasteiger charge is -2.15. The van der Waals surface area contributed by atoms with Crippen LogP contribution in [0.1, 0.15) is 76.3 Å². The maximum Gasteiger partial charge on any atom is 0.0988 e. The zero-order valence-corrected chi connectivity index (χ0v) is 28.5. The van der Waals surface area contributed by atoms with Gasteiger partial charge in [0, 0.05) is 31.7 Å². The molecule has 0 radical (unpaired) electrons. The minimum Gasteiger partial charge on any atom is -0.243 e. The summed E-state index contributed by atoms with van der Waals surface area (Å²) in [5.41, 5.74) is 9.29. The largest absolute Gasteiger partial charge is 0.243 e. The maximum atomic E-state index is 5.61. The molecular weight excluding hydrogens is 597 g/mol. The van der Waals surface area contributed by atoms with Gasteiger partial charge in [-0.15, -0.1) is 22.7 Å². The van der Waals surface area contributed by atoms with Crippen molar-refractivity contribution in [2.24, 2.45) is 0 Å². The van der Waals surface area contributed by atoms with Gasteiger partial charge in [0.15, 0.2) is 0 Å². The molecule has 0 unspecified atom stereocenters. The number of nitrogens with zero attached hydrogens (tertiary/aromatic N) is 2. The molecule has 0 aliphatic heterocycles. The van der Waals surface area contributed by atoms with Gasteiger partial charge in [0.2, 0.25) is 0 Å². The maximum absolute atomic E-state index is 5.61. The number of fused-ring (bicyclic) bond motifs is 4. The van der Waals surface area contributed by atoms with Crippen molar-refractivity contribution in [1.29, 1.82) is 0 Å². The standard InChI is InChI=1S/C42H40N2S2/c1-3-5-7-9-13-27-23-35(45-25-27)31-21-22-32(36-24-28(26-46-36)14-10-8-6-4-2)40-39(31)43-41-33-17-11-15-29-19-20-30-16-12-18-34(42(41)44-40)38(30)37(29)33/h11-12,15-26H,3-10,13-14H2,1-2H3. The average Bonchev–Trinajstić information content (AvgIpc) is 3.77. The van der Waals surface area contributed by atoms with Gasteiger partial charge >= 0.3 is 0 Å². The molecule has 0 aliphatic carbocycles. The van der Waals surface area contributed by atoms with E-state index in [2.05, 4.69) is 97.4 Å². The zero-order valence-electron chi connectivity index (χ0n) is 26.9. The average molecular weight is 637 g/mol. The number of unbranched alkanes of at least 4 members (excludes halogenated alkanes) is 6. The Bertz CT molecular complexity index is 2140. The van der Waals surface area contributed by atoms with Crippen LogP contribution in [-0.4, -0.2) is 9.97 Å². The predicted octanol–water partition coefficient (Wildman–Crippen LogP) is 13.4. The number of hydrogen-bond donors (Lipinski definition) is 0. The van der Waals surface area contributed by atoms with E-state index in [1.165, 1.54) is 116 Å². The Morgan fingerprint density at radius 3 is 1.43 bits per heavy atom. The number of aromatic nitrogens is 2. The van der Waals surface area contributed by atoms with Crippen LogP contribution in [0, 0.1) is 0 Å². The predicted molar refractivity (Wildman–Crippen MR) is 203 cm³/mol. The highest BCUT2D eigenvalue weighted by Gasteiger charge is 2.20. The summed E-state index contributed by atoms with van der Waals surface area (Å²) in [5, 5.41) is 12.2. The molecule has 0 amide bonds. The van der Waals surface area contributed by atoms with Crippen LogP contribution in [0.3, 0.4) is 0 Å². The summed E-state index contributed by atoms with van der Waals surface area (Å²) in [7, 11) is 0. The molecule has 3 heterocycles. The zero-order chi connectivity index (χ0) is 31.0. The van der Waals surface area contributed by atoms with Gasteiger partial charge in [0.1, 0.15) is 0 Å². The third-order valence-electron chi connectivity index (χ3n) is 9.70. The molecule has 8 rings (SSSR count). The smallest absolute Gasteiger partial charge is 0.0988 e. The van der Waals surface area contributed by atoms with Crippen LogP contribution in [0.5, 0.6) is 0 Å². The van der Waals surface area contributed by atoms with E-state index in [-0.39, 0.29) is 0 Å². The summed E-state index contributed by atoms with van der Waals surface area (Å²) in [4.78, 5) is 13.8.